The Bertz CT molecular complexity index is 520. The average Bonchev–Trinajstić information content (AvgIpc) is 2.39. The van der Waals surface area contributed by atoms with Crippen molar-refractivity contribution in [1.29, 1.82) is 0 Å². The van der Waals surface area contributed by atoms with Crippen molar-refractivity contribution in [2.24, 2.45) is 0 Å². The highest BCUT2D eigenvalue weighted by atomic mass is 16.5. The van der Waals surface area contributed by atoms with Crippen LogP contribution in [-0.2, 0) is 4.74 Å². The van der Waals surface area contributed by atoms with Crippen LogP contribution >= 0.6 is 0 Å². The third-order valence-corrected chi connectivity index (χ3v) is 2.21. The molecule has 0 bridgehead atoms. The fraction of sp³-hybridized carbons (Fsp3) is 0.0833. The van der Waals surface area contributed by atoms with Crippen molar-refractivity contribution in [3.63, 3.8) is 0 Å². The van der Waals surface area contributed by atoms with Gasteiger partial charge in [-0.15, -0.1) is 0 Å². The lowest BCUT2D eigenvalue weighted by Gasteiger charge is -2.01. The summed E-state index contributed by atoms with van der Waals surface area (Å²) in [4.78, 5) is 19.2. The van der Waals surface area contributed by atoms with E-state index >= 15 is 0 Å². The van der Waals surface area contributed by atoms with Crippen molar-refractivity contribution in [3.05, 3.63) is 42.4 Å². The van der Waals surface area contributed by atoms with Gasteiger partial charge in [0, 0.05) is 5.56 Å². The van der Waals surface area contributed by atoms with Gasteiger partial charge in [-0.25, -0.2) is 9.78 Å². The van der Waals surface area contributed by atoms with E-state index in [4.69, 9.17) is 5.11 Å². The zero-order valence-electron chi connectivity index (χ0n) is 9.12. The van der Waals surface area contributed by atoms with E-state index in [-0.39, 0.29) is 11.4 Å². The molecule has 0 aliphatic rings. The minimum Gasteiger partial charge on any atom is -0.508 e. The van der Waals surface area contributed by atoms with E-state index in [0.29, 0.717) is 5.69 Å². The number of hydrogen-bond donors (Lipinski definition) is 1. The van der Waals surface area contributed by atoms with Gasteiger partial charge in [0.2, 0.25) is 0 Å². The Hall–Kier alpha value is -2.43. The molecular weight excluding hydrogens is 220 g/mol. The van der Waals surface area contributed by atoms with Crippen molar-refractivity contribution in [1.82, 2.24) is 9.97 Å². The monoisotopic (exact) mass is 230 g/mol. The standard InChI is InChI=1S/C12H10N2O3/c1-17-12(16)11-7-13-10(6-14-11)8-2-4-9(15)5-3-8/h2-7,15H,1H3. The number of rotatable bonds is 2. The van der Waals surface area contributed by atoms with E-state index in [1.165, 1.54) is 19.5 Å². The summed E-state index contributed by atoms with van der Waals surface area (Å²) < 4.78 is 4.52. The molecule has 5 nitrogen and oxygen atoms in total. The predicted molar refractivity (Wildman–Crippen MR) is 60.5 cm³/mol. The molecule has 0 atom stereocenters. The maximum atomic E-state index is 11.1. The minimum absolute atomic E-state index is 0.162. The van der Waals surface area contributed by atoms with Gasteiger partial charge in [0.05, 0.1) is 25.2 Å². The lowest BCUT2D eigenvalue weighted by Crippen LogP contribution is -2.04. The zero-order chi connectivity index (χ0) is 12.3. The molecule has 1 N–H and O–H groups in total. The Morgan fingerprint density at radius 2 is 1.88 bits per heavy atom. The number of aromatic hydroxyl groups is 1. The minimum atomic E-state index is -0.519. The summed E-state index contributed by atoms with van der Waals surface area (Å²) in [5, 5.41) is 9.16. The first-order valence-electron chi connectivity index (χ1n) is 4.90. The van der Waals surface area contributed by atoms with Gasteiger partial charge < -0.3 is 9.84 Å². The second-order valence-corrected chi connectivity index (χ2v) is 3.33. The average molecular weight is 230 g/mol. The van der Waals surface area contributed by atoms with Crippen molar-refractivity contribution in [2.75, 3.05) is 7.11 Å². The van der Waals surface area contributed by atoms with E-state index in [2.05, 4.69) is 14.7 Å². The van der Waals surface area contributed by atoms with Crippen molar-refractivity contribution < 1.29 is 14.6 Å². The molecule has 0 saturated heterocycles. The van der Waals surface area contributed by atoms with Crippen LogP contribution in [0.15, 0.2) is 36.7 Å². The number of hydrogen-bond acceptors (Lipinski definition) is 5. The van der Waals surface area contributed by atoms with Crippen LogP contribution in [0.25, 0.3) is 11.3 Å². The zero-order valence-corrected chi connectivity index (χ0v) is 9.12. The van der Waals surface area contributed by atoms with Crippen LogP contribution in [0.1, 0.15) is 10.5 Å². The summed E-state index contributed by atoms with van der Waals surface area (Å²) in [5.74, 6) is -0.331. The molecule has 5 heteroatoms. The number of aromatic nitrogens is 2. The topological polar surface area (TPSA) is 72.3 Å². The number of ether oxygens (including phenoxy) is 1. The molecule has 0 radical (unpaired) electrons. The third-order valence-electron chi connectivity index (χ3n) is 2.21. The maximum Gasteiger partial charge on any atom is 0.358 e. The number of benzene rings is 1. The Labute approximate surface area is 97.7 Å². The molecule has 1 aromatic heterocycles. The van der Waals surface area contributed by atoms with Crippen LogP contribution < -0.4 is 0 Å². The van der Waals surface area contributed by atoms with E-state index in [0.717, 1.165) is 5.56 Å². The maximum absolute atomic E-state index is 11.1. The van der Waals surface area contributed by atoms with Crippen LogP contribution in [-0.4, -0.2) is 28.2 Å². The number of methoxy groups -OCH3 is 1. The van der Waals surface area contributed by atoms with Gasteiger partial charge >= 0.3 is 5.97 Å². The highest BCUT2D eigenvalue weighted by Gasteiger charge is 2.08. The number of carbonyl (C=O) groups excluding carboxylic acids is 1. The van der Waals surface area contributed by atoms with Gasteiger partial charge in [-0.05, 0) is 24.3 Å². The molecule has 17 heavy (non-hydrogen) atoms. The summed E-state index contributed by atoms with van der Waals surface area (Å²) in [5.41, 5.74) is 1.60. The Morgan fingerprint density at radius 3 is 2.41 bits per heavy atom. The third kappa shape index (κ3) is 2.39. The largest absolute Gasteiger partial charge is 0.508 e. The van der Waals surface area contributed by atoms with Gasteiger partial charge in [-0.2, -0.15) is 0 Å². The highest BCUT2D eigenvalue weighted by molar-refractivity contribution is 5.86. The van der Waals surface area contributed by atoms with E-state index in [1.807, 2.05) is 0 Å². The summed E-state index contributed by atoms with van der Waals surface area (Å²) in [6, 6.07) is 6.56. The molecule has 0 amide bonds. The predicted octanol–water partition coefficient (Wildman–Crippen LogP) is 1.64. The second kappa shape index (κ2) is 4.61. The lowest BCUT2D eigenvalue weighted by atomic mass is 10.1. The molecular formula is C12H10N2O3. The summed E-state index contributed by atoms with van der Waals surface area (Å²) >= 11 is 0. The summed E-state index contributed by atoms with van der Waals surface area (Å²) in [6.45, 7) is 0. The van der Waals surface area contributed by atoms with Gasteiger partial charge in [0.15, 0.2) is 5.69 Å². The van der Waals surface area contributed by atoms with Crippen LogP contribution in [0.3, 0.4) is 0 Å². The van der Waals surface area contributed by atoms with E-state index < -0.39 is 5.97 Å². The van der Waals surface area contributed by atoms with E-state index in [9.17, 15) is 4.79 Å². The highest BCUT2D eigenvalue weighted by Crippen LogP contribution is 2.19. The number of esters is 1. The molecule has 0 fully saturated rings. The van der Waals surface area contributed by atoms with Crippen molar-refractivity contribution in [3.8, 4) is 17.0 Å². The molecule has 0 saturated carbocycles. The first-order chi connectivity index (χ1) is 8.20. The number of nitrogens with zero attached hydrogens (tertiary/aromatic N) is 2. The fourth-order valence-electron chi connectivity index (χ4n) is 1.32. The number of phenolic OH excluding ortho intramolecular Hbond substituents is 1. The number of carbonyl (C=O) groups is 1. The molecule has 86 valence electrons. The van der Waals surface area contributed by atoms with Crippen LogP contribution in [0.5, 0.6) is 5.75 Å². The molecule has 1 aromatic carbocycles. The van der Waals surface area contributed by atoms with Gasteiger partial charge in [-0.1, -0.05) is 0 Å². The normalized spacial score (nSPS) is 9.94. The molecule has 0 aliphatic carbocycles. The van der Waals surface area contributed by atoms with Crippen LogP contribution in [0.4, 0.5) is 0 Å². The molecule has 1 heterocycles. The SMILES string of the molecule is COC(=O)c1cnc(-c2ccc(O)cc2)cn1. The van der Waals surface area contributed by atoms with Crippen molar-refractivity contribution >= 4 is 5.97 Å². The first-order valence-corrected chi connectivity index (χ1v) is 4.90. The van der Waals surface area contributed by atoms with E-state index in [1.54, 1.807) is 24.3 Å². The first kappa shape index (κ1) is 11.1. The summed E-state index contributed by atoms with van der Waals surface area (Å²) in [6.07, 6.45) is 2.84. The lowest BCUT2D eigenvalue weighted by molar-refractivity contribution is 0.0593. The van der Waals surface area contributed by atoms with Crippen LogP contribution in [0, 0.1) is 0 Å². The second-order valence-electron chi connectivity index (χ2n) is 3.33. The molecule has 0 unspecified atom stereocenters. The molecule has 0 spiro atoms. The number of phenols is 1. The Morgan fingerprint density at radius 1 is 1.18 bits per heavy atom. The summed E-state index contributed by atoms with van der Waals surface area (Å²) in [7, 11) is 1.29. The Kier molecular flexibility index (Phi) is 3.00. The molecule has 2 aromatic rings. The quantitative estimate of drug-likeness (QED) is 0.794. The van der Waals surface area contributed by atoms with Gasteiger partial charge in [-0.3, -0.25) is 4.98 Å². The molecule has 2 rings (SSSR count). The van der Waals surface area contributed by atoms with Gasteiger partial charge in [0.1, 0.15) is 5.75 Å². The van der Waals surface area contributed by atoms with Gasteiger partial charge in [0.25, 0.3) is 0 Å². The Balaban J connectivity index is 2.29. The van der Waals surface area contributed by atoms with Crippen molar-refractivity contribution in [2.45, 2.75) is 0 Å². The molecule has 0 aliphatic heterocycles. The smallest absolute Gasteiger partial charge is 0.358 e. The fourth-order valence-corrected chi connectivity index (χ4v) is 1.32. The van der Waals surface area contributed by atoms with Crippen LogP contribution in [0.2, 0.25) is 0 Å².